The summed E-state index contributed by atoms with van der Waals surface area (Å²) in [5, 5.41) is 5.48. The standard InChI is InChI=1S/C39H37N/c1-4-6-7-13-31-26-38(30-23-21-29(22-24-30)32-20-12-25-40-27(32)3)35-15-8-9-16-36(35)39(31)37-19-11-17-33-28(5-2)14-10-18-34(33)37/h4,6-21,23,25,31H,5,22,24,26H2,1-3H3/b6-4-,13-7-. The Morgan fingerprint density at radius 1 is 0.775 bits per heavy atom. The van der Waals surface area contributed by atoms with Crippen molar-refractivity contribution in [2.45, 2.75) is 46.5 Å². The number of rotatable bonds is 6. The molecule has 1 aromatic heterocycles. The van der Waals surface area contributed by atoms with Gasteiger partial charge < -0.3 is 0 Å². The van der Waals surface area contributed by atoms with Gasteiger partial charge in [-0.1, -0.05) is 110 Å². The number of aromatic nitrogens is 1. The lowest BCUT2D eigenvalue weighted by Gasteiger charge is -2.28. The number of fused-ring (bicyclic) bond motifs is 2. The van der Waals surface area contributed by atoms with E-state index < -0.39 is 0 Å². The molecular weight excluding hydrogens is 482 g/mol. The summed E-state index contributed by atoms with van der Waals surface area (Å²) < 4.78 is 0. The maximum Gasteiger partial charge on any atom is 0.0447 e. The van der Waals surface area contributed by atoms with Gasteiger partial charge in [-0.3, -0.25) is 4.98 Å². The summed E-state index contributed by atoms with van der Waals surface area (Å²) in [5.41, 5.74) is 10.9. The number of nitrogens with zero attached hydrogens (tertiary/aromatic N) is 1. The number of pyridine rings is 1. The van der Waals surface area contributed by atoms with Crippen LogP contribution in [-0.2, 0) is 6.42 Å². The average Bonchev–Trinajstić information content (AvgIpc) is 3.00. The van der Waals surface area contributed by atoms with Crippen molar-refractivity contribution in [2.75, 3.05) is 0 Å². The summed E-state index contributed by atoms with van der Waals surface area (Å²) in [6.07, 6.45) is 19.6. The molecule has 0 saturated heterocycles. The van der Waals surface area contributed by atoms with E-state index in [1.807, 2.05) is 12.3 Å². The molecule has 0 amide bonds. The molecule has 1 nitrogen and oxygen atoms in total. The Morgan fingerprint density at radius 3 is 2.30 bits per heavy atom. The maximum absolute atomic E-state index is 4.53. The fourth-order valence-electron chi connectivity index (χ4n) is 6.59. The van der Waals surface area contributed by atoms with Crippen molar-refractivity contribution in [1.82, 2.24) is 4.98 Å². The lowest BCUT2D eigenvalue weighted by molar-refractivity contribution is 0.831. The van der Waals surface area contributed by atoms with E-state index in [2.05, 4.69) is 129 Å². The van der Waals surface area contributed by atoms with Crippen molar-refractivity contribution in [3.05, 3.63) is 154 Å². The van der Waals surface area contributed by atoms with Crippen molar-refractivity contribution >= 4 is 27.5 Å². The third-order valence-corrected chi connectivity index (χ3v) is 8.56. The highest BCUT2D eigenvalue weighted by atomic mass is 14.7. The lowest BCUT2D eigenvalue weighted by Crippen LogP contribution is -2.36. The summed E-state index contributed by atoms with van der Waals surface area (Å²) in [5.74, 6) is 0.295. The fraction of sp³-hybridized carbons (Fsp3) is 0.205. The monoisotopic (exact) mass is 519 g/mol. The van der Waals surface area contributed by atoms with E-state index in [9.17, 15) is 0 Å². The van der Waals surface area contributed by atoms with Crippen molar-refractivity contribution < 1.29 is 0 Å². The summed E-state index contributed by atoms with van der Waals surface area (Å²) in [6.45, 7) is 6.44. The van der Waals surface area contributed by atoms with Crippen LogP contribution in [0.1, 0.15) is 55.5 Å². The van der Waals surface area contributed by atoms with Gasteiger partial charge in [-0.2, -0.15) is 0 Å². The van der Waals surface area contributed by atoms with Crippen LogP contribution < -0.4 is 10.4 Å². The molecule has 0 bridgehead atoms. The van der Waals surface area contributed by atoms with E-state index in [1.165, 1.54) is 60.2 Å². The van der Waals surface area contributed by atoms with Gasteiger partial charge in [-0.15, -0.1) is 0 Å². The van der Waals surface area contributed by atoms with Gasteiger partial charge in [0.2, 0.25) is 0 Å². The van der Waals surface area contributed by atoms with Gasteiger partial charge in [0.05, 0.1) is 0 Å². The van der Waals surface area contributed by atoms with Crippen LogP contribution in [-0.4, -0.2) is 4.98 Å². The molecule has 4 aromatic rings. The largest absolute Gasteiger partial charge is 0.261 e. The average molecular weight is 520 g/mol. The molecule has 1 atom stereocenters. The fourth-order valence-corrected chi connectivity index (χ4v) is 6.59. The molecule has 0 aliphatic heterocycles. The minimum atomic E-state index is 0.295. The molecule has 1 heteroatoms. The molecule has 3 aromatic carbocycles. The number of benzene rings is 3. The van der Waals surface area contributed by atoms with Gasteiger partial charge in [0.25, 0.3) is 0 Å². The Balaban J connectivity index is 1.59. The molecule has 1 heterocycles. The maximum atomic E-state index is 4.53. The third-order valence-electron chi connectivity index (χ3n) is 8.56. The Hall–Kier alpha value is -4.23. The molecule has 0 spiro atoms. The summed E-state index contributed by atoms with van der Waals surface area (Å²) in [7, 11) is 0. The second kappa shape index (κ2) is 11.5. The molecule has 40 heavy (non-hydrogen) atoms. The smallest absolute Gasteiger partial charge is 0.0447 e. The molecular formula is C39H37N. The number of hydrogen-bond donors (Lipinski definition) is 0. The molecule has 0 radical (unpaired) electrons. The summed E-state index contributed by atoms with van der Waals surface area (Å²) in [4.78, 5) is 4.53. The van der Waals surface area contributed by atoms with Crippen LogP contribution in [0, 0.1) is 12.8 Å². The normalized spacial score (nSPS) is 17.4. The molecule has 198 valence electrons. The minimum absolute atomic E-state index is 0.295. The molecule has 6 rings (SSSR count). The summed E-state index contributed by atoms with van der Waals surface area (Å²) in [6, 6.07) is 27.0. The second-order valence-corrected chi connectivity index (χ2v) is 10.9. The Labute approximate surface area is 238 Å². The highest BCUT2D eigenvalue weighted by Gasteiger charge is 2.25. The van der Waals surface area contributed by atoms with Crippen LogP contribution in [0.3, 0.4) is 0 Å². The number of allylic oxidation sites excluding steroid dienone is 8. The van der Waals surface area contributed by atoms with Gasteiger partial charge >= 0.3 is 0 Å². The van der Waals surface area contributed by atoms with Crippen LogP contribution in [0.2, 0.25) is 0 Å². The SMILES string of the molecule is C/C=C\C=C/C1CC(C2=CC=C(c3cccnc3C)CC2)=c2ccccc2=C1c1cccc2c(CC)cccc12. The number of hydrogen-bond acceptors (Lipinski definition) is 1. The van der Waals surface area contributed by atoms with E-state index in [1.54, 1.807) is 0 Å². The Bertz CT molecular complexity index is 1830. The van der Waals surface area contributed by atoms with Crippen LogP contribution in [0.4, 0.5) is 0 Å². The van der Waals surface area contributed by atoms with Gasteiger partial charge in [-0.25, -0.2) is 0 Å². The van der Waals surface area contributed by atoms with E-state index >= 15 is 0 Å². The van der Waals surface area contributed by atoms with E-state index in [0.29, 0.717) is 5.92 Å². The van der Waals surface area contributed by atoms with E-state index in [-0.39, 0.29) is 0 Å². The summed E-state index contributed by atoms with van der Waals surface area (Å²) >= 11 is 0. The van der Waals surface area contributed by atoms with Crippen molar-refractivity contribution in [1.29, 1.82) is 0 Å². The molecule has 2 aliphatic carbocycles. The molecule has 2 aliphatic rings. The van der Waals surface area contributed by atoms with Crippen LogP contribution in [0.5, 0.6) is 0 Å². The van der Waals surface area contributed by atoms with Gasteiger partial charge in [0, 0.05) is 17.8 Å². The van der Waals surface area contributed by atoms with E-state index in [4.69, 9.17) is 0 Å². The van der Waals surface area contributed by atoms with Crippen molar-refractivity contribution in [3.63, 3.8) is 0 Å². The topological polar surface area (TPSA) is 12.9 Å². The van der Waals surface area contributed by atoms with Crippen molar-refractivity contribution in [3.8, 4) is 0 Å². The van der Waals surface area contributed by atoms with Crippen LogP contribution in [0.25, 0.3) is 27.5 Å². The van der Waals surface area contributed by atoms with Crippen molar-refractivity contribution in [2.24, 2.45) is 5.92 Å². The van der Waals surface area contributed by atoms with Crippen LogP contribution >= 0.6 is 0 Å². The second-order valence-electron chi connectivity index (χ2n) is 10.9. The third kappa shape index (κ3) is 4.82. The molecule has 0 saturated carbocycles. The minimum Gasteiger partial charge on any atom is -0.261 e. The lowest BCUT2D eigenvalue weighted by atomic mass is 9.76. The quantitative estimate of drug-likeness (QED) is 0.233. The first-order valence-electron chi connectivity index (χ1n) is 14.6. The first-order valence-corrected chi connectivity index (χ1v) is 14.6. The van der Waals surface area contributed by atoms with Gasteiger partial charge in [0.1, 0.15) is 0 Å². The van der Waals surface area contributed by atoms with Gasteiger partial charge in [-0.05, 0) is 106 Å². The molecule has 1 unspecified atom stereocenters. The van der Waals surface area contributed by atoms with Gasteiger partial charge in [0.15, 0.2) is 0 Å². The first kappa shape index (κ1) is 26.0. The predicted octanol–water partition coefficient (Wildman–Crippen LogP) is 8.41. The highest BCUT2D eigenvalue weighted by molar-refractivity contribution is 5.97. The zero-order chi connectivity index (χ0) is 27.5. The zero-order valence-electron chi connectivity index (χ0n) is 23.8. The number of aryl methyl sites for hydroxylation is 2. The molecule has 0 fully saturated rings. The van der Waals surface area contributed by atoms with E-state index in [0.717, 1.165) is 31.4 Å². The Kier molecular flexibility index (Phi) is 7.47. The zero-order valence-corrected chi connectivity index (χ0v) is 23.8. The predicted molar refractivity (Wildman–Crippen MR) is 171 cm³/mol. The first-order chi connectivity index (χ1) is 19.7. The van der Waals surface area contributed by atoms with Crippen LogP contribution in [0.15, 0.2) is 121 Å². The Morgan fingerprint density at radius 2 is 1.52 bits per heavy atom. The molecule has 0 N–H and O–H groups in total. The highest BCUT2D eigenvalue weighted by Crippen LogP contribution is 2.39.